The van der Waals surface area contributed by atoms with E-state index in [9.17, 15) is 14.7 Å². The van der Waals surface area contributed by atoms with Crippen LogP contribution in [0.25, 0.3) is 0 Å². The van der Waals surface area contributed by atoms with Crippen molar-refractivity contribution in [1.29, 1.82) is 0 Å². The molecule has 100 valence electrons. The number of aromatic carboxylic acids is 1. The maximum Gasteiger partial charge on any atom is 0.337 e. The summed E-state index contributed by atoms with van der Waals surface area (Å²) < 4.78 is 1.58. The van der Waals surface area contributed by atoms with Crippen LogP contribution in [-0.2, 0) is 0 Å². The zero-order valence-electron chi connectivity index (χ0n) is 11.9. The summed E-state index contributed by atoms with van der Waals surface area (Å²) in [5.74, 6) is -0.986. The molecule has 1 aromatic heterocycles. The van der Waals surface area contributed by atoms with Gasteiger partial charge in [-0.05, 0) is 31.7 Å². The first kappa shape index (κ1) is 14.5. The summed E-state index contributed by atoms with van der Waals surface area (Å²) >= 11 is 0. The molecule has 4 nitrogen and oxygen atoms in total. The summed E-state index contributed by atoms with van der Waals surface area (Å²) in [6.45, 7) is 11.4. The van der Waals surface area contributed by atoms with Crippen LogP contribution >= 0.6 is 0 Å². The van der Waals surface area contributed by atoms with Crippen LogP contribution in [-0.4, -0.2) is 15.6 Å². The molecule has 0 aliphatic heterocycles. The topological polar surface area (TPSA) is 59.3 Å². The molecule has 0 aliphatic rings. The SMILES string of the molecule is Cc1cc(=O)n(C(C)C(C)(C)C)c(C)c1C(=O)O. The third-order valence-corrected chi connectivity index (χ3v) is 3.55. The molecule has 0 saturated heterocycles. The van der Waals surface area contributed by atoms with Crippen LogP contribution in [0.15, 0.2) is 10.9 Å². The normalized spacial score (nSPS) is 13.4. The van der Waals surface area contributed by atoms with Crippen molar-refractivity contribution in [2.75, 3.05) is 0 Å². The molecular formula is C14H21NO3. The molecular weight excluding hydrogens is 230 g/mol. The number of nitrogens with zero attached hydrogens (tertiary/aromatic N) is 1. The third-order valence-electron chi connectivity index (χ3n) is 3.55. The number of carboxylic acid groups (broad SMARTS) is 1. The van der Waals surface area contributed by atoms with Crippen LogP contribution in [0.1, 0.15) is 55.4 Å². The van der Waals surface area contributed by atoms with Crippen molar-refractivity contribution < 1.29 is 9.90 Å². The van der Waals surface area contributed by atoms with E-state index in [1.54, 1.807) is 18.4 Å². The molecule has 0 amide bonds. The minimum Gasteiger partial charge on any atom is -0.478 e. The molecule has 0 radical (unpaired) electrons. The summed E-state index contributed by atoms with van der Waals surface area (Å²) in [5, 5.41) is 9.23. The zero-order chi connectivity index (χ0) is 14.2. The second kappa shape index (κ2) is 4.59. The summed E-state index contributed by atoms with van der Waals surface area (Å²) in [6.07, 6.45) is 0. The van der Waals surface area contributed by atoms with Crippen LogP contribution in [0.2, 0.25) is 0 Å². The molecule has 18 heavy (non-hydrogen) atoms. The highest BCUT2D eigenvalue weighted by atomic mass is 16.4. The van der Waals surface area contributed by atoms with Gasteiger partial charge in [0.1, 0.15) is 0 Å². The van der Waals surface area contributed by atoms with E-state index in [0.29, 0.717) is 11.3 Å². The Hall–Kier alpha value is -1.58. The van der Waals surface area contributed by atoms with E-state index < -0.39 is 5.97 Å². The lowest BCUT2D eigenvalue weighted by Gasteiger charge is -2.31. The molecule has 4 heteroatoms. The maximum absolute atomic E-state index is 12.1. The second-order valence-corrected chi connectivity index (χ2v) is 5.84. The molecule has 0 bridgehead atoms. The predicted molar refractivity (Wildman–Crippen MR) is 71.3 cm³/mol. The number of carbonyl (C=O) groups is 1. The van der Waals surface area contributed by atoms with Gasteiger partial charge in [0.25, 0.3) is 5.56 Å². The van der Waals surface area contributed by atoms with Gasteiger partial charge in [0.05, 0.1) is 5.56 Å². The van der Waals surface area contributed by atoms with Crippen LogP contribution < -0.4 is 5.56 Å². The molecule has 0 spiro atoms. The van der Waals surface area contributed by atoms with Gasteiger partial charge in [-0.2, -0.15) is 0 Å². The van der Waals surface area contributed by atoms with Crippen molar-refractivity contribution in [3.8, 4) is 0 Å². The van der Waals surface area contributed by atoms with Crippen molar-refractivity contribution in [1.82, 2.24) is 4.57 Å². The second-order valence-electron chi connectivity index (χ2n) is 5.84. The Labute approximate surface area is 107 Å². The van der Waals surface area contributed by atoms with Crippen LogP contribution in [0.4, 0.5) is 0 Å². The van der Waals surface area contributed by atoms with E-state index in [-0.39, 0.29) is 22.6 Å². The average molecular weight is 251 g/mol. The number of hydrogen-bond donors (Lipinski definition) is 1. The fourth-order valence-corrected chi connectivity index (χ4v) is 2.09. The number of aromatic nitrogens is 1. The zero-order valence-corrected chi connectivity index (χ0v) is 11.9. The molecule has 0 aromatic carbocycles. The largest absolute Gasteiger partial charge is 0.478 e. The standard InChI is InChI=1S/C14H21NO3/c1-8-7-11(16)15(10(3)14(4,5)6)9(2)12(8)13(17)18/h7,10H,1-6H3,(H,17,18). The molecule has 0 saturated carbocycles. The Morgan fingerprint density at radius 2 is 1.83 bits per heavy atom. The number of carboxylic acids is 1. The third kappa shape index (κ3) is 2.47. The first-order valence-corrected chi connectivity index (χ1v) is 6.03. The van der Waals surface area contributed by atoms with Gasteiger partial charge < -0.3 is 9.67 Å². The summed E-state index contributed by atoms with van der Waals surface area (Å²) in [4.78, 5) is 23.4. The van der Waals surface area contributed by atoms with Crippen molar-refractivity contribution >= 4 is 5.97 Å². The smallest absolute Gasteiger partial charge is 0.337 e. The van der Waals surface area contributed by atoms with Gasteiger partial charge in [0.15, 0.2) is 0 Å². The lowest BCUT2D eigenvalue weighted by atomic mass is 9.87. The lowest BCUT2D eigenvalue weighted by Crippen LogP contribution is -2.34. The highest BCUT2D eigenvalue weighted by Crippen LogP contribution is 2.30. The van der Waals surface area contributed by atoms with Gasteiger partial charge in [-0.1, -0.05) is 20.8 Å². The quantitative estimate of drug-likeness (QED) is 0.879. The minimum atomic E-state index is -0.986. The molecule has 0 fully saturated rings. The highest BCUT2D eigenvalue weighted by molar-refractivity contribution is 5.90. The first-order chi connectivity index (χ1) is 8.07. The Morgan fingerprint density at radius 3 is 2.22 bits per heavy atom. The summed E-state index contributed by atoms with van der Waals surface area (Å²) in [5.41, 5.74) is 1.01. The van der Waals surface area contributed by atoms with Crippen LogP contribution in [0.3, 0.4) is 0 Å². The van der Waals surface area contributed by atoms with E-state index in [1.165, 1.54) is 6.07 Å². The van der Waals surface area contributed by atoms with Crippen molar-refractivity contribution in [2.45, 2.75) is 47.6 Å². The maximum atomic E-state index is 12.1. The van der Waals surface area contributed by atoms with E-state index in [2.05, 4.69) is 0 Å². The molecule has 1 heterocycles. The van der Waals surface area contributed by atoms with Gasteiger partial charge in [-0.25, -0.2) is 4.79 Å². The minimum absolute atomic E-state index is 0.0660. The van der Waals surface area contributed by atoms with Crippen molar-refractivity contribution in [2.24, 2.45) is 5.41 Å². The van der Waals surface area contributed by atoms with E-state index >= 15 is 0 Å². The van der Waals surface area contributed by atoms with Gasteiger partial charge in [-0.3, -0.25) is 4.79 Å². The summed E-state index contributed by atoms with van der Waals surface area (Å²) in [6, 6.07) is 1.34. The molecule has 1 N–H and O–H groups in total. The Balaban J connectivity index is 3.61. The van der Waals surface area contributed by atoms with Gasteiger partial charge in [-0.15, -0.1) is 0 Å². The van der Waals surface area contributed by atoms with Crippen molar-refractivity contribution in [3.05, 3.63) is 33.2 Å². The Kier molecular flexibility index (Phi) is 3.70. The van der Waals surface area contributed by atoms with E-state index in [1.807, 2.05) is 27.7 Å². The highest BCUT2D eigenvalue weighted by Gasteiger charge is 2.26. The van der Waals surface area contributed by atoms with Gasteiger partial charge in [0, 0.05) is 17.8 Å². The average Bonchev–Trinajstić information content (AvgIpc) is 2.13. The first-order valence-electron chi connectivity index (χ1n) is 6.03. The molecule has 1 unspecified atom stereocenters. The van der Waals surface area contributed by atoms with Crippen LogP contribution in [0, 0.1) is 19.3 Å². The molecule has 1 rings (SSSR count). The fraction of sp³-hybridized carbons (Fsp3) is 0.571. The fourth-order valence-electron chi connectivity index (χ4n) is 2.09. The molecule has 0 aliphatic carbocycles. The number of pyridine rings is 1. The number of aryl methyl sites for hydroxylation is 1. The number of hydrogen-bond acceptors (Lipinski definition) is 2. The van der Waals surface area contributed by atoms with Gasteiger partial charge in [0.2, 0.25) is 0 Å². The molecule has 1 aromatic rings. The van der Waals surface area contributed by atoms with Crippen LogP contribution in [0.5, 0.6) is 0 Å². The molecule has 1 atom stereocenters. The predicted octanol–water partition coefficient (Wildman–Crippen LogP) is 2.77. The van der Waals surface area contributed by atoms with E-state index in [4.69, 9.17) is 0 Å². The van der Waals surface area contributed by atoms with E-state index in [0.717, 1.165) is 0 Å². The number of rotatable bonds is 2. The monoisotopic (exact) mass is 251 g/mol. The van der Waals surface area contributed by atoms with Crippen molar-refractivity contribution in [3.63, 3.8) is 0 Å². The summed E-state index contributed by atoms with van der Waals surface area (Å²) in [7, 11) is 0. The Morgan fingerprint density at radius 1 is 1.33 bits per heavy atom. The van der Waals surface area contributed by atoms with Gasteiger partial charge >= 0.3 is 5.97 Å². The lowest BCUT2D eigenvalue weighted by molar-refractivity contribution is 0.0693. The Bertz CT molecular complexity index is 535.